The molecule has 18 heavy (non-hydrogen) atoms. The summed E-state index contributed by atoms with van der Waals surface area (Å²) in [7, 11) is 1.65. The van der Waals surface area contributed by atoms with Gasteiger partial charge in [-0.05, 0) is 31.4 Å². The van der Waals surface area contributed by atoms with Crippen LogP contribution in [0.15, 0.2) is 24.3 Å². The Balaban J connectivity index is 2.29. The van der Waals surface area contributed by atoms with Crippen molar-refractivity contribution in [3.05, 3.63) is 24.3 Å². The third kappa shape index (κ3) is 2.03. The minimum atomic E-state index is -0.473. The van der Waals surface area contributed by atoms with E-state index < -0.39 is 5.54 Å². The molecule has 0 spiro atoms. The zero-order valence-corrected chi connectivity index (χ0v) is 11.3. The summed E-state index contributed by atoms with van der Waals surface area (Å²) in [6.07, 6.45) is 3.07. The summed E-state index contributed by atoms with van der Waals surface area (Å²) in [5.41, 5.74) is 0.468. The Morgan fingerprint density at radius 3 is 2.67 bits per heavy atom. The molecule has 1 saturated carbocycles. The zero-order valence-electron chi connectivity index (χ0n) is 11.3. The maximum atomic E-state index is 9.60. The van der Waals surface area contributed by atoms with E-state index >= 15 is 0 Å². The van der Waals surface area contributed by atoms with Crippen molar-refractivity contribution in [3.8, 4) is 11.8 Å². The van der Waals surface area contributed by atoms with Crippen molar-refractivity contribution in [2.24, 2.45) is 5.41 Å². The molecular weight excluding hydrogens is 224 g/mol. The van der Waals surface area contributed by atoms with E-state index in [1.165, 1.54) is 0 Å². The number of nitrogens with zero attached hydrogens (tertiary/aromatic N) is 1. The van der Waals surface area contributed by atoms with E-state index in [2.05, 4.69) is 25.2 Å². The molecule has 1 aliphatic rings. The molecule has 1 atom stereocenters. The summed E-state index contributed by atoms with van der Waals surface area (Å²) in [6.45, 7) is 4.33. The van der Waals surface area contributed by atoms with Gasteiger partial charge in [-0.2, -0.15) is 5.26 Å². The Hall–Kier alpha value is -1.69. The largest absolute Gasteiger partial charge is 0.497 e. The quantitative estimate of drug-likeness (QED) is 0.884. The molecule has 2 rings (SSSR count). The Morgan fingerprint density at radius 2 is 2.11 bits per heavy atom. The molecule has 0 aliphatic heterocycles. The summed E-state index contributed by atoms with van der Waals surface area (Å²) >= 11 is 0. The van der Waals surface area contributed by atoms with Gasteiger partial charge < -0.3 is 10.1 Å². The van der Waals surface area contributed by atoms with E-state index in [1.807, 2.05) is 24.3 Å². The molecule has 96 valence electrons. The van der Waals surface area contributed by atoms with Crippen LogP contribution >= 0.6 is 0 Å². The third-order valence-corrected chi connectivity index (χ3v) is 4.13. The van der Waals surface area contributed by atoms with Gasteiger partial charge in [-0.3, -0.25) is 0 Å². The topological polar surface area (TPSA) is 45.0 Å². The number of nitrogens with one attached hydrogen (secondary N) is 1. The molecule has 1 aliphatic carbocycles. The molecule has 1 unspecified atom stereocenters. The van der Waals surface area contributed by atoms with Crippen LogP contribution < -0.4 is 10.1 Å². The van der Waals surface area contributed by atoms with Crippen LogP contribution in [-0.2, 0) is 0 Å². The van der Waals surface area contributed by atoms with E-state index in [0.717, 1.165) is 30.7 Å². The lowest BCUT2D eigenvalue weighted by Crippen LogP contribution is -2.45. The SMILES string of the molecule is COc1cccc(NC2(C#N)CCCC2(C)C)c1. The number of rotatable bonds is 3. The number of ether oxygens (including phenoxy) is 1. The molecule has 1 fully saturated rings. The average Bonchev–Trinajstić information content (AvgIpc) is 2.65. The number of nitriles is 1. The van der Waals surface area contributed by atoms with Crippen LogP contribution in [0.25, 0.3) is 0 Å². The predicted molar refractivity (Wildman–Crippen MR) is 72.6 cm³/mol. The molecule has 0 aromatic heterocycles. The van der Waals surface area contributed by atoms with Gasteiger partial charge in [-0.15, -0.1) is 0 Å². The van der Waals surface area contributed by atoms with Crippen LogP contribution in [0.4, 0.5) is 5.69 Å². The normalized spacial score (nSPS) is 25.4. The van der Waals surface area contributed by atoms with E-state index in [-0.39, 0.29) is 5.41 Å². The molecule has 0 amide bonds. The highest BCUT2D eigenvalue weighted by Crippen LogP contribution is 2.47. The van der Waals surface area contributed by atoms with Crippen molar-refractivity contribution in [3.63, 3.8) is 0 Å². The van der Waals surface area contributed by atoms with Gasteiger partial charge in [0.1, 0.15) is 11.3 Å². The molecule has 0 saturated heterocycles. The fraction of sp³-hybridized carbons (Fsp3) is 0.533. The minimum absolute atomic E-state index is 0.00910. The number of anilines is 1. The first-order valence-corrected chi connectivity index (χ1v) is 6.36. The van der Waals surface area contributed by atoms with Crippen LogP contribution in [0.5, 0.6) is 5.75 Å². The molecule has 0 radical (unpaired) electrons. The number of hydrogen-bond acceptors (Lipinski definition) is 3. The lowest BCUT2D eigenvalue weighted by Gasteiger charge is -2.37. The third-order valence-electron chi connectivity index (χ3n) is 4.13. The number of benzene rings is 1. The van der Waals surface area contributed by atoms with Gasteiger partial charge in [0.2, 0.25) is 0 Å². The maximum absolute atomic E-state index is 9.60. The van der Waals surface area contributed by atoms with Crippen molar-refractivity contribution in [1.82, 2.24) is 0 Å². The minimum Gasteiger partial charge on any atom is -0.497 e. The van der Waals surface area contributed by atoms with E-state index in [0.29, 0.717) is 0 Å². The fourth-order valence-electron chi connectivity index (χ4n) is 2.76. The van der Waals surface area contributed by atoms with Crippen molar-refractivity contribution in [2.45, 2.75) is 38.6 Å². The van der Waals surface area contributed by atoms with Gasteiger partial charge in [0.15, 0.2) is 0 Å². The summed E-state index contributed by atoms with van der Waals surface area (Å²) in [4.78, 5) is 0. The van der Waals surface area contributed by atoms with Gasteiger partial charge in [0.05, 0.1) is 13.2 Å². The van der Waals surface area contributed by atoms with Crippen molar-refractivity contribution in [1.29, 1.82) is 5.26 Å². The fourth-order valence-corrected chi connectivity index (χ4v) is 2.76. The monoisotopic (exact) mass is 244 g/mol. The second-order valence-electron chi connectivity index (χ2n) is 5.61. The molecule has 1 N–H and O–H groups in total. The first-order valence-electron chi connectivity index (χ1n) is 6.36. The molecule has 1 aromatic rings. The number of hydrogen-bond donors (Lipinski definition) is 1. The van der Waals surface area contributed by atoms with Crippen LogP contribution in [0.2, 0.25) is 0 Å². The Morgan fingerprint density at radius 1 is 1.33 bits per heavy atom. The Kier molecular flexibility index (Phi) is 3.21. The summed E-state index contributed by atoms with van der Waals surface area (Å²) in [6, 6.07) is 10.3. The summed E-state index contributed by atoms with van der Waals surface area (Å²) in [5.74, 6) is 0.809. The van der Waals surface area contributed by atoms with Gasteiger partial charge >= 0.3 is 0 Å². The van der Waals surface area contributed by atoms with Gasteiger partial charge in [-0.1, -0.05) is 19.9 Å². The van der Waals surface area contributed by atoms with Gasteiger partial charge in [-0.25, -0.2) is 0 Å². The van der Waals surface area contributed by atoms with E-state index in [1.54, 1.807) is 7.11 Å². The molecule has 1 aromatic carbocycles. The first-order chi connectivity index (χ1) is 8.53. The van der Waals surface area contributed by atoms with Crippen LogP contribution in [0, 0.1) is 16.7 Å². The highest BCUT2D eigenvalue weighted by molar-refractivity contribution is 5.52. The summed E-state index contributed by atoms with van der Waals surface area (Å²) < 4.78 is 5.21. The second-order valence-corrected chi connectivity index (χ2v) is 5.61. The maximum Gasteiger partial charge on any atom is 0.130 e. The highest BCUT2D eigenvalue weighted by Gasteiger charge is 2.49. The first kappa shape index (κ1) is 12.8. The molecule has 3 heteroatoms. The van der Waals surface area contributed by atoms with Gasteiger partial charge in [0.25, 0.3) is 0 Å². The lowest BCUT2D eigenvalue weighted by atomic mass is 9.75. The average molecular weight is 244 g/mol. The van der Waals surface area contributed by atoms with Crippen molar-refractivity contribution < 1.29 is 4.74 Å². The summed E-state index contributed by atoms with van der Waals surface area (Å²) in [5, 5.41) is 13.0. The highest BCUT2D eigenvalue weighted by atomic mass is 16.5. The molecule has 0 bridgehead atoms. The predicted octanol–water partition coefficient (Wildman–Crippen LogP) is 3.58. The second kappa shape index (κ2) is 4.53. The lowest BCUT2D eigenvalue weighted by molar-refractivity contribution is 0.289. The van der Waals surface area contributed by atoms with Gasteiger partial charge in [0, 0.05) is 17.2 Å². The molecule has 3 nitrogen and oxygen atoms in total. The zero-order chi connectivity index (χ0) is 13.2. The Labute approximate surface area is 109 Å². The molecular formula is C15H20N2O. The molecule has 0 heterocycles. The van der Waals surface area contributed by atoms with Crippen LogP contribution in [0.1, 0.15) is 33.1 Å². The Bertz CT molecular complexity index is 476. The van der Waals surface area contributed by atoms with E-state index in [4.69, 9.17) is 4.74 Å². The van der Waals surface area contributed by atoms with Crippen LogP contribution in [0.3, 0.4) is 0 Å². The smallest absolute Gasteiger partial charge is 0.130 e. The van der Waals surface area contributed by atoms with Crippen LogP contribution in [-0.4, -0.2) is 12.6 Å². The number of methoxy groups -OCH3 is 1. The van der Waals surface area contributed by atoms with Crippen molar-refractivity contribution in [2.75, 3.05) is 12.4 Å². The van der Waals surface area contributed by atoms with E-state index in [9.17, 15) is 5.26 Å². The van der Waals surface area contributed by atoms with Crippen molar-refractivity contribution >= 4 is 5.69 Å². The standard InChI is InChI=1S/C15H20N2O/c1-14(2)8-5-9-15(14,11-16)17-12-6-4-7-13(10-12)18-3/h4,6-7,10,17H,5,8-9H2,1-3H3.